The van der Waals surface area contributed by atoms with Gasteiger partial charge in [0.1, 0.15) is 6.61 Å². The summed E-state index contributed by atoms with van der Waals surface area (Å²) in [6, 6.07) is 0. The summed E-state index contributed by atoms with van der Waals surface area (Å²) < 4.78 is 5.21. The number of H-pyrrole nitrogens is 1. The fourth-order valence-corrected chi connectivity index (χ4v) is 0.776. The summed E-state index contributed by atoms with van der Waals surface area (Å²) >= 11 is 0. The first kappa shape index (κ1) is 10.7. The lowest BCUT2D eigenvalue weighted by molar-refractivity contribution is 0.216. The molecular formula is C9H15N3O2. The van der Waals surface area contributed by atoms with Gasteiger partial charge in [0.05, 0.1) is 0 Å². The van der Waals surface area contributed by atoms with Crippen molar-refractivity contribution >= 4 is 0 Å². The van der Waals surface area contributed by atoms with Gasteiger partial charge in [-0.3, -0.25) is 4.79 Å². The quantitative estimate of drug-likeness (QED) is 0.726. The third-order valence-electron chi connectivity index (χ3n) is 2.02. The summed E-state index contributed by atoms with van der Waals surface area (Å²) in [5.74, 6) is 0.0672. The maximum Gasteiger partial charge on any atom is 0.310 e. The third kappa shape index (κ3) is 2.85. The molecule has 0 aliphatic carbocycles. The Bertz CT molecular complexity index is 346. The van der Waals surface area contributed by atoms with Crippen molar-refractivity contribution in [2.24, 2.45) is 5.73 Å². The molecule has 0 bridgehead atoms. The fraction of sp³-hybridized carbons (Fsp3) is 0.556. The summed E-state index contributed by atoms with van der Waals surface area (Å²) in [7, 11) is 0. The predicted molar refractivity (Wildman–Crippen MR) is 53.2 cm³/mol. The second kappa shape index (κ2) is 4.23. The standard InChI is InChI=1S/C9H15N3O2/c1-3-9(2,10)6-14-8-7(13)11-4-5-12-8/h4-5H,3,6,10H2,1-2H3,(H,11,13). The Kier molecular flexibility index (Phi) is 3.24. The first-order valence-corrected chi connectivity index (χ1v) is 4.50. The number of aromatic amines is 1. The van der Waals surface area contributed by atoms with E-state index in [0.717, 1.165) is 6.42 Å². The molecule has 0 radical (unpaired) electrons. The van der Waals surface area contributed by atoms with Gasteiger partial charge in [0.25, 0.3) is 5.88 Å². The van der Waals surface area contributed by atoms with Crippen LogP contribution in [0.1, 0.15) is 20.3 Å². The molecule has 14 heavy (non-hydrogen) atoms. The maximum absolute atomic E-state index is 11.1. The number of nitrogens with zero attached hydrogens (tertiary/aromatic N) is 1. The van der Waals surface area contributed by atoms with Crippen molar-refractivity contribution in [1.29, 1.82) is 0 Å². The molecule has 3 N–H and O–H groups in total. The van der Waals surface area contributed by atoms with Crippen LogP contribution >= 0.6 is 0 Å². The van der Waals surface area contributed by atoms with Crippen molar-refractivity contribution in [2.45, 2.75) is 25.8 Å². The van der Waals surface area contributed by atoms with Crippen LogP contribution in [0.4, 0.5) is 0 Å². The van der Waals surface area contributed by atoms with Crippen LogP contribution in [0.3, 0.4) is 0 Å². The summed E-state index contributed by atoms with van der Waals surface area (Å²) in [6.07, 6.45) is 3.70. The molecule has 5 nitrogen and oxygen atoms in total. The second-order valence-electron chi connectivity index (χ2n) is 3.52. The molecule has 0 fully saturated rings. The topological polar surface area (TPSA) is 81.0 Å². The van der Waals surface area contributed by atoms with E-state index in [1.165, 1.54) is 12.4 Å². The van der Waals surface area contributed by atoms with Crippen molar-refractivity contribution in [3.05, 3.63) is 22.7 Å². The number of aromatic nitrogens is 2. The Morgan fingerprint density at radius 1 is 1.71 bits per heavy atom. The smallest absolute Gasteiger partial charge is 0.310 e. The molecule has 1 aromatic rings. The van der Waals surface area contributed by atoms with Crippen molar-refractivity contribution in [1.82, 2.24) is 9.97 Å². The van der Waals surface area contributed by atoms with Crippen molar-refractivity contribution in [3.8, 4) is 5.88 Å². The van der Waals surface area contributed by atoms with E-state index >= 15 is 0 Å². The zero-order valence-corrected chi connectivity index (χ0v) is 8.41. The van der Waals surface area contributed by atoms with Crippen LogP contribution in [0.15, 0.2) is 17.2 Å². The molecule has 0 spiro atoms. The highest BCUT2D eigenvalue weighted by molar-refractivity contribution is 5.02. The first-order chi connectivity index (χ1) is 6.55. The van der Waals surface area contributed by atoms with E-state index in [-0.39, 0.29) is 18.0 Å². The Labute approximate surface area is 82.3 Å². The fourth-order valence-electron chi connectivity index (χ4n) is 0.776. The number of ether oxygens (including phenoxy) is 1. The number of rotatable bonds is 4. The van der Waals surface area contributed by atoms with Crippen LogP contribution < -0.4 is 16.0 Å². The maximum atomic E-state index is 11.1. The monoisotopic (exact) mass is 197 g/mol. The molecule has 0 aliphatic rings. The number of hydrogen-bond acceptors (Lipinski definition) is 4. The summed E-state index contributed by atoms with van der Waals surface area (Å²) in [5.41, 5.74) is 5.09. The van der Waals surface area contributed by atoms with Gasteiger partial charge in [0.2, 0.25) is 0 Å². The molecular weight excluding hydrogens is 182 g/mol. The molecule has 0 aliphatic heterocycles. The number of nitrogens with one attached hydrogen (secondary N) is 1. The molecule has 1 rings (SSSR count). The molecule has 0 saturated carbocycles. The van der Waals surface area contributed by atoms with Gasteiger partial charge in [-0.1, -0.05) is 6.92 Å². The Balaban J connectivity index is 2.63. The lowest BCUT2D eigenvalue weighted by Crippen LogP contribution is -2.42. The van der Waals surface area contributed by atoms with Gasteiger partial charge in [-0.05, 0) is 13.3 Å². The van der Waals surface area contributed by atoms with E-state index < -0.39 is 5.54 Å². The molecule has 1 heterocycles. The first-order valence-electron chi connectivity index (χ1n) is 4.50. The number of nitrogens with two attached hydrogens (primary N) is 1. The SMILES string of the molecule is CCC(C)(N)COc1ncc[nH]c1=O. The molecule has 1 unspecified atom stereocenters. The summed E-state index contributed by atoms with van der Waals surface area (Å²) in [5, 5.41) is 0. The average molecular weight is 197 g/mol. The highest BCUT2D eigenvalue weighted by Crippen LogP contribution is 2.06. The molecule has 0 aromatic carbocycles. The Morgan fingerprint density at radius 2 is 2.43 bits per heavy atom. The lowest BCUT2D eigenvalue weighted by atomic mass is 10.0. The van der Waals surface area contributed by atoms with Crippen molar-refractivity contribution in [2.75, 3.05) is 6.61 Å². The minimum atomic E-state index is -0.427. The number of hydrogen-bond donors (Lipinski definition) is 2. The molecule has 78 valence electrons. The van der Waals surface area contributed by atoms with Gasteiger partial charge >= 0.3 is 5.56 Å². The Hall–Kier alpha value is -1.36. The highest BCUT2D eigenvalue weighted by atomic mass is 16.5. The largest absolute Gasteiger partial charge is 0.472 e. The molecule has 5 heteroatoms. The average Bonchev–Trinajstić information content (AvgIpc) is 2.17. The van der Waals surface area contributed by atoms with E-state index in [2.05, 4.69) is 9.97 Å². The van der Waals surface area contributed by atoms with Gasteiger partial charge in [-0.15, -0.1) is 0 Å². The lowest BCUT2D eigenvalue weighted by Gasteiger charge is -2.21. The predicted octanol–water partition coefficient (Wildman–Crippen LogP) is 0.276. The van der Waals surface area contributed by atoms with Gasteiger partial charge in [-0.25, -0.2) is 4.98 Å². The van der Waals surface area contributed by atoms with Crippen LogP contribution in [0.2, 0.25) is 0 Å². The van der Waals surface area contributed by atoms with Gasteiger partial charge < -0.3 is 15.5 Å². The van der Waals surface area contributed by atoms with Crippen LogP contribution in [0, 0.1) is 0 Å². The van der Waals surface area contributed by atoms with Gasteiger partial charge in [0, 0.05) is 17.9 Å². The van der Waals surface area contributed by atoms with Crippen LogP contribution in [-0.4, -0.2) is 22.1 Å². The Morgan fingerprint density at radius 3 is 3.00 bits per heavy atom. The van der Waals surface area contributed by atoms with E-state index in [0.29, 0.717) is 0 Å². The van der Waals surface area contributed by atoms with Crippen LogP contribution in [0.5, 0.6) is 5.88 Å². The van der Waals surface area contributed by atoms with Gasteiger partial charge in [0.15, 0.2) is 0 Å². The van der Waals surface area contributed by atoms with E-state index in [1.54, 1.807) is 0 Å². The summed E-state index contributed by atoms with van der Waals surface area (Å²) in [4.78, 5) is 17.4. The minimum absolute atomic E-state index is 0.0672. The molecule has 0 saturated heterocycles. The zero-order chi connectivity index (χ0) is 10.6. The molecule has 1 atom stereocenters. The third-order valence-corrected chi connectivity index (χ3v) is 2.02. The second-order valence-corrected chi connectivity index (χ2v) is 3.52. The van der Waals surface area contributed by atoms with E-state index in [9.17, 15) is 4.79 Å². The van der Waals surface area contributed by atoms with Crippen molar-refractivity contribution < 1.29 is 4.74 Å². The zero-order valence-electron chi connectivity index (χ0n) is 8.41. The minimum Gasteiger partial charge on any atom is -0.472 e. The van der Waals surface area contributed by atoms with Crippen LogP contribution in [0.25, 0.3) is 0 Å². The van der Waals surface area contributed by atoms with Gasteiger partial charge in [-0.2, -0.15) is 0 Å². The highest BCUT2D eigenvalue weighted by Gasteiger charge is 2.17. The summed E-state index contributed by atoms with van der Waals surface area (Å²) in [6.45, 7) is 4.11. The normalized spacial score (nSPS) is 14.8. The van der Waals surface area contributed by atoms with E-state index in [1.807, 2.05) is 13.8 Å². The van der Waals surface area contributed by atoms with Crippen LogP contribution in [-0.2, 0) is 0 Å². The molecule has 1 aromatic heterocycles. The molecule has 0 amide bonds. The van der Waals surface area contributed by atoms with Crippen molar-refractivity contribution in [3.63, 3.8) is 0 Å². The van der Waals surface area contributed by atoms with E-state index in [4.69, 9.17) is 10.5 Å².